The van der Waals surface area contributed by atoms with E-state index in [9.17, 15) is 0 Å². The van der Waals surface area contributed by atoms with Gasteiger partial charge in [0.2, 0.25) is 0 Å². The average Bonchev–Trinajstić information content (AvgIpc) is 2.31. The first-order valence-electron chi connectivity index (χ1n) is 5.39. The lowest BCUT2D eigenvalue weighted by atomic mass is 10.3. The van der Waals surface area contributed by atoms with Crippen LogP contribution in [0.25, 0.3) is 0 Å². The quantitative estimate of drug-likeness (QED) is 0.469. The lowest BCUT2D eigenvalue weighted by Gasteiger charge is -2.10. The van der Waals surface area contributed by atoms with Crippen LogP contribution in [0.1, 0.15) is 18.3 Å². The van der Waals surface area contributed by atoms with Crippen LogP contribution in [0.5, 0.6) is 0 Å². The molecule has 1 aromatic heterocycles. The molecule has 90 valence electrons. The maximum Gasteiger partial charge on any atom is 0.133 e. The summed E-state index contributed by atoms with van der Waals surface area (Å²) in [5, 5.41) is 4.15. The number of rotatable bonds is 6. The molecule has 0 amide bonds. The number of methoxy groups -OCH3 is 1. The first-order valence-corrected chi connectivity index (χ1v) is 6.38. The Morgan fingerprint density at radius 2 is 2.12 bits per heavy atom. The highest BCUT2D eigenvalue weighted by Crippen LogP contribution is 2.24. The fraction of sp³-hybridized carbons (Fsp3) is 0.636. The molecule has 0 radical (unpaired) electrons. The van der Waals surface area contributed by atoms with Crippen molar-refractivity contribution < 1.29 is 4.74 Å². The van der Waals surface area contributed by atoms with Crippen LogP contribution in [0.15, 0.2) is 5.03 Å². The van der Waals surface area contributed by atoms with Crippen LogP contribution in [0.4, 0.5) is 5.82 Å². The summed E-state index contributed by atoms with van der Waals surface area (Å²) in [6.45, 7) is 4.85. The summed E-state index contributed by atoms with van der Waals surface area (Å²) in [5.41, 5.74) is 1.11. The molecule has 5 heteroatoms. The van der Waals surface area contributed by atoms with Crippen LogP contribution in [-0.2, 0) is 11.2 Å². The Bertz CT molecular complexity index is 344. The third-order valence-electron chi connectivity index (χ3n) is 2.23. The van der Waals surface area contributed by atoms with Gasteiger partial charge in [-0.25, -0.2) is 9.97 Å². The molecule has 0 aliphatic heterocycles. The molecule has 0 bridgehead atoms. The second-order valence-corrected chi connectivity index (χ2v) is 4.45. The molecule has 0 aliphatic rings. The van der Waals surface area contributed by atoms with Crippen molar-refractivity contribution in [2.75, 3.05) is 31.8 Å². The lowest BCUT2D eigenvalue weighted by molar-refractivity contribution is 0.218. The summed E-state index contributed by atoms with van der Waals surface area (Å²) >= 11 is 1.71. The predicted octanol–water partition coefficient (Wildman–Crippen LogP) is 2.13. The van der Waals surface area contributed by atoms with Gasteiger partial charge in [-0.15, -0.1) is 11.8 Å². The minimum absolute atomic E-state index is 0.741. The highest BCUT2D eigenvalue weighted by molar-refractivity contribution is 7.99. The lowest BCUT2D eigenvalue weighted by Crippen LogP contribution is -2.05. The molecule has 1 N–H and O–H groups in total. The molecular formula is C11H19N3OS. The van der Waals surface area contributed by atoms with Gasteiger partial charge in [0.25, 0.3) is 0 Å². The van der Waals surface area contributed by atoms with Crippen LogP contribution in [0.3, 0.4) is 0 Å². The van der Waals surface area contributed by atoms with Crippen molar-refractivity contribution >= 4 is 17.6 Å². The van der Waals surface area contributed by atoms with Crippen molar-refractivity contribution in [2.24, 2.45) is 0 Å². The third kappa shape index (κ3) is 3.35. The zero-order valence-electron chi connectivity index (χ0n) is 10.3. The van der Waals surface area contributed by atoms with Crippen molar-refractivity contribution in [3.05, 3.63) is 11.4 Å². The summed E-state index contributed by atoms with van der Waals surface area (Å²) < 4.78 is 5.04. The van der Waals surface area contributed by atoms with Gasteiger partial charge in [0.1, 0.15) is 16.7 Å². The number of hydrogen-bond acceptors (Lipinski definition) is 5. The highest BCUT2D eigenvalue weighted by atomic mass is 32.2. The molecule has 1 rings (SSSR count). The topological polar surface area (TPSA) is 47.0 Å². The van der Waals surface area contributed by atoms with Crippen LogP contribution in [0.2, 0.25) is 0 Å². The Morgan fingerprint density at radius 3 is 2.69 bits per heavy atom. The van der Waals surface area contributed by atoms with E-state index in [0.717, 1.165) is 41.0 Å². The molecule has 0 aliphatic carbocycles. The van der Waals surface area contributed by atoms with Gasteiger partial charge in [-0.1, -0.05) is 6.92 Å². The average molecular weight is 241 g/mol. The number of aryl methyl sites for hydroxylation is 1. The Morgan fingerprint density at radius 1 is 1.38 bits per heavy atom. The number of hydrogen-bond donors (Lipinski definition) is 1. The van der Waals surface area contributed by atoms with Gasteiger partial charge in [-0.05, 0) is 6.92 Å². The first-order chi connectivity index (χ1) is 7.72. The number of anilines is 1. The van der Waals surface area contributed by atoms with E-state index in [2.05, 4.69) is 22.2 Å². The second kappa shape index (κ2) is 6.70. The molecule has 0 spiro atoms. The summed E-state index contributed by atoms with van der Waals surface area (Å²) in [6.07, 6.45) is 0.854. The molecular weight excluding hydrogens is 222 g/mol. The fourth-order valence-corrected chi connectivity index (χ4v) is 2.23. The number of thioether (sulfide) groups is 1. The van der Waals surface area contributed by atoms with E-state index in [1.807, 2.05) is 14.0 Å². The van der Waals surface area contributed by atoms with Crippen LogP contribution < -0.4 is 5.32 Å². The summed E-state index contributed by atoms with van der Waals surface area (Å²) in [7, 11) is 3.60. The molecule has 1 aromatic rings. The first kappa shape index (κ1) is 13.3. The monoisotopic (exact) mass is 241 g/mol. The molecule has 0 fully saturated rings. The SMILES string of the molecule is CCc1nc(NC)c(C)c(SCCOC)n1. The van der Waals surface area contributed by atoms with Crippen molar-refractivity contribution in [3.63, 3.8) is 0 Å². The molecule has 0 aromatic carbocycles. The van der Waals surface area contributed by atoms with Crippen LogP contribution in [-0.4, -0.2) is 36.5 Å². The second-order valence-electron chi connectivity index (χ2n) is 3.36. The molecule has 16 heavy (non-hydrogen) atoms. The maximum atomic E-state index is 5.04. The molecule has 0 saturated carbocycles. The zero-order chi connectivity index (χ0) is 12.0. The molecule has 0 saturated heterocycles. The van der Waals surface area contributed by atoms with Gasteiger partial charge in [0, 0.05) is 31.9 Å². The predicted molar refractivity (Wildman–Crippen MR) is 68.3 cm³/mol. The van der Waals surface area contributed by atoms with Crippen molar-refractivity contribution in [3.8, 4) is 0 Å². The van der Waals surface area contributed by atoms with Gasteiger partial charge in [0.15, 0.2) is 0 Å². The minimum atomic E-state index is 0.741. The van der Waals surface area contributed by atoms with E-state index < -0.39 is 0 Å². The summed E-state index contributed by atoms with van der Waals surface area (Å²) in [4.78, 5) is 8.96. The van der Waals surface area contributed by atoms with Crippen LogP contribution in [0, 0.1) is 6.92 Å². The zero-order valence-corrected chi connectivity index (χ0v) is 11.1. The Hall–Kier alpha value is -0.810. The third-order valence-corrected chi connectivity index (χ3v) is 3.27. The highest BCUT2D eigenvalue weighted by Gasteiger charge is 2.09. The molecule has 1 heterocycles. The van der Waals surface area contributed by atoms with Crippen molar-refractivity contribution in [2.45, 2.75) is 25.3 Å². The normalized spacial score (nSPS) is 10.5. The van der Waals surface area contributed by atoms with Gasteiger partial charge >= 0.3 is 0 Å². The molecule has 0 atom stereocenters. The van der Waals surface area contributed by atoms with E-state index in [0.29, 0.717) is 0 Å². The molecule has 4 nitrogen and oxygen atoms in total. The van der Waals surface area contributed by atoms with Crippen LogP contribution >= 0.6 is 11.8 Å². The van der Waals surface area contributed by atoms with E-state index in [-0.39, 0.29) is 0 Å². The van der Waals surface area contributed by atoms with Gasteiger partial charge in [-0.3, -0.25) is 0 Å². The Kier molecular flexibility index (Phi) is 5.55. The Labute approximate surface area is 101 Å². The summed E-state index contributed by atoms with van der Waals surface area (Å²) in [6, 6.07) is 0. The van der Waals surface area contributed by atoms with Crippen molar-refractivity contribution in [1.82, 2.24) is 9.97 Å². The Balaban J connectivity index is 2.88. The van der Waals surface area contributed by atoms with Crippen molar-refractivity contribution in [1.29, 1.82) is 0 Å². The largest absolute Gasteiger partial charge is 0.384 e. The van der Waals surface area contributed by atoms with Gasteiger partial charge in [-0.2, -0.15) is 0 Å². The number of aromatic nitrogens is 2. The maximum absolute atomic E-state index is 5.04. The van der Waals surface area contributed by atoms with E-state index >= 15 is 0 Å². The number of nitrogens with one attached hydrogen (secondary N) is 1. The number of ether oxygens (including phenoxy) is 1. The molecule has 0 unspecified atom stereocenters. The number of nitrogens with zero attached hydrogens (tertiary/aromatic N) is 2. The van der Waals surface area contributed by atoms with E-state index in [1.54, 1.807) is 18.9 Å². The fourth-order valence-electron chi connectivity index (χ4n) is 1.30. The smallest absolute Gasteiger partial charge is 0.133 e. The van der Waals surface area contributed by atoms with E-state index in [1.165, 1.54) is 0 Å². The van der Waals surface area contributed by atoms with Gasteiger partial charge < -0.3 is 10.1 Å². The minimum Gasteiger partial charge on any atom is -0.384 e. The standard InChI is InChI=1S/C11H19N3OS/c1-5-9-13-10(12-3)8(2)11(14-9)16-7-6-15-4/h5-7H2,1-4H3,(H,12,13,14). The van der Waals surface area contributed by atoms with E-state index in [4.69, 9.17) is 4.74 Å². The summed E-state index contributed by atoms with van der Waals surface area (Å²) in [5.74, 6) is 2.72. The van der Waals surface area contributed by atoms with Gasteiger partial charge in [0.05, 0.1) is 6.61 Å².